The Morgan fingerprint density at radius 1 is 0.962 bits per heavy atom. The number of amides is 2. The minimum atomic E-state index is -0.823. The molecule has 52 heavy (non-hydrogen) atoms. The van der Waals surface area contributed by atoms with Crippen molar-refractivity contribution in [2.24, 2.45) is 29.1 Å². The van der Waals surface area contributed by atoms with E-state index in [1.807, 2.05) is 44.2 Å². The molecule has 2 bridgehead atoms. The number of benzene rings is 2. The maximum Gasteiger partial charge on any atom is 0.481 e. The molecule has 0 unspecified atom stereocenters. The van der Waals surface area contributed by atoms with Crippen molar-refractivity contribution in [2.45, 2.75) is 124 Å². The zero-order valence-electron chi connectivity index (χ0n) is 33.5. The van der Waals surface area contributed by atoms with Crippen LogP contribution in [0.5, 0.6) is 17.2 Å². The highest BCUT2D eigenvalue weighted by molar-refractivity contribution is 6.48. The van der Waals surface area contributed by atoms with Crippen LogP contribution in [0.4, 0.5) is 5.69 Å². The van der Waals surface area contributed by atoms with Crippen molar-refractivity contribution in [1.29, 1.82) is 0 Å². The van der Waals surface area contributed by atoms with E-state index in [-0.39, 0.29) is 47.5 Å². The molecule has 0 spiro atoms. The van der Waals surface area contributed by atoms with Crippen molar-refractivity contribution in [2.75, 3.05) is 26.8 Å². The summed E-state index contributed by atoms with van der Waals surface area (Å²) < 4.78 is 30.2. The second-order valence-electron chi connectivity index (χ2n) is 17.0. The number of methoxy groups -OCH3 is 3. The minimum absolute atomic E-state index is 0.00455. The van der Waals surface area contributed by atoms with E-state index in [2.05, 4.69) is 65.3 Å². The highest BCUT2D eigenvalue weighted by Gasteiger charge is 2.68. The monoisotopic (exact) mass is 719 g/mol. The summed E-state index contributed by atoms with van der Waals surface area (Å²) in [5.41, 5.74) is 5.92. The molecule has 11 heteroatoms. The van der Waals surface area contributed by atoms with Gasteiger partial charge in [0.1, 0.15) is 6.04 Å². The molecule has 2 aromatic rings. The molecule has 1 heterocycles. The van der Waals surface area contributed by atoms with Crippen LogP contribution >= 0.6 is 0 Å². The third kappa shape index (κ3) is 7.91. The number of nitrogens with one attached hydrogen (secondary N) is 2. The normalized spacial score (nSPS) is 24.2. The largest absolute Gasteiger partial charge is 0.493 e. The average Bonchev–Trinajstić information content (AvgIpc) is 3.46. The van der Waals surface area contributed by atoms with Crippen LogP contribution in [-0.2, 0) is 25.3 Å². The van der Waals surface area contributed by atoms with Crippen LogP contribution in [0, 0.1) is 29.1 Å². The van der Waals surface area contributed by atoms with E-state index in [1.165, 1.54) is 5.01 Å². The van der Waals surface area contributed by atoms with Gasteiger partial charge in [-0.2, -0.15) is 0 Å². The third-order valence-electron chi connectivity index (χ3n) is 12.0. The summed E-state index contributed by atoms with van der Waals surface area (Å²) in [6.45, 7) is 19.4. The molecule has 2 aromatic carbocycles. The van der Waals surface area contributed by atoms with Gasteiger partial charge in [0, 0.05) is 6.42 Å². The van der Waals surface area contributed by atoms with Crippen LogP contribution in [0.25, 0.3) is 0 Å². The lowest BCUT2D eigenvalue weighted by Gasteiger charge is -2.64. The van der Waals surface area contributed by atoms with Gasteiger partial charge in [0.25, 0.3) is 0 Å². The zero-order valence-corrected chi connectivity index (χ0v) is 33.5. The first-order valence-electron chi connectivity index (χ1n) is 19.1. The smallest absolute Gasteiger partial charge is 0.481 e. The second-order valence-corrected chi connectivity index (χ2v) is 17.0. The van der Waals surface area contributed by atoms with Crippen molar-refractivity contribution in [3.8, 4) is 17.2 Å². The first kappa shape index (κ1) is 39.8. The lowest BCUT2D eigenvalue weighted by molar-refractivity contribution is -0.199. The van der Waals surface area contributed by atoms with Gasteiger partial charge in [-0.25, -0.2) is 5.01 Å². The molecule has 4 fully saturated rings. The molecule has 286 valence electrons. The lowest BCUT2D eigenvalue weighted by Crippen LogP contribution is -2.65. The van der Waals surface area contributed by atoms with Crippen LogP contribution in [0.2, 0.25) is 0 Å². The number of nitrogens with zero attached hydrogens (tertiary/aromatic N) is 1. The molecule has 6 rings (SSSR count). The van der Waals surface area contributed by atoms with Gasteiger partial charge in [-0.1, -0.05) is 67.5 Å². The Labute approximate surface area is 312 Å². The van der Waals surface area contributed by atoms with Gasteiger partial charge in [0.15, 0.2) is 11.5 Å². The SMILES string of the molecule is COc1cc(CCC(=O)N(Nc2cccc(C(C)C)c2)[C@H](C(=O)N[C@@H](CC(C)C)B2O[C@@H]3C[C@@H]4C[C@@H](C4(C)C)[C@]3(C)O2)C(C)C)cc(OC)c1OC. The van der Waals surface area contributed by atoms with E-state index in [4.69, 9.17) is 23.5 Å². The molecule has 3 aliphatic carbocycles. The van der Waals surface area contributed by atoms with Crippen molar-refractivity contribution in [3.63, 3.8) is 0 Å². The van der Waals surface area contributed by atoms with Crippen LogP contribution in [0.3, 0.4) is 0 Å². The lowest BCUT2D eigenvalue weighted by atomic mass is 9.43. The van der Waals surface area contributed by atoms with Crippen LogP contribution in [0.1, 0.15) is 105 Å². The Kier molecular flexibility index (Phi) is 12.2. The number of carbonyl (C=O) groups excluding carboxylic acids is 2. The Bertz CT molecular complexity index is 1560. The summed E-state index contributed by atoms with van der Waals surface area (Å²) in [5.74, 6) is 2.09. The molecular formula is C41H62BN3O7. The number of hydrazine groups is 1. The van der Waals surface area contributed by atoms with Crippen LogP contribution in [-0.4, -0.2) is 69.0 Å². The summed E-state index contributed by atoms with van der Waals surface area (Å²) >= 11 is 0. The minimum Gasteiger partial charge on any atom is -0.493 e. The van der Waals surface area contributed by atoms with E-state index < -0.39 is 18.8 Å². The fourth-order valence-electron chi connectivity index (χ4n) is 8.85. The number of carbonyl (C=O) groups is 2. The van der Waals surface area contributed by atoms with E-state index in [0.717, 1.165) is 29.7 Å². The standard InChI is InChI=1S/C41H62BN3O7/c1-24(2)18-35(42-51-34-23-29-22-33(40(29,7)8)41(34,9)52-42)43-39(47)37(26(5)6)45(44-30-15-13-14-28(21-30)25(3)4)36(46)17-16-27-19-31(48-10)38(50-12)32(20-27)49-11/h13-15,19-21,24-26,29,33-35,37,44H,16-18,22-23H2,1-12H3,(H,43,47)/t29-,33-,34+,35-,37-,41-/m0/s1. The molecule has 0 radical (unpaired) electrons. The van der Waals surface area contributed by atoms with Crippen molar-refractivity contribution >= 4 is 24.6 Å². The summed E-state index contributed by atoms with van der Waals surface area (Å²) in [6, 6.07) is 10.9. The van der Waals surface area contributed by atoms with Gasteiger partial charge in [0.05, 0.1) is 44.7 Å². The van der Waals surface area contributed by atoms with Crippen molar-refractivity contribution in [3.05, 3.63) is 47.5 Å². The number of aryl methyl sites for hydroxylation is 1. The third-order valence-corrected chi connectivity index (χ3v) is 12.0. The molecule has 1 aliphatic heterocycles. The number of hydrogen-bond acceptors (Lipinski definition) is 8. The van der Waals surface area contributed by atoms with Gasteiger partial charge in [-0.15, -0.1) is 0 Å². The predicted octanol–water partition coefficient (Wildman–Crippen LogP) is 7.45. The van der Waals surface area contributed by atoms with Gasteiger partial charge in [0.2, 0.25) is 17.6 Å². The predicted molar refractivity (Wildman–Crippen MR) is 206 cm³/mol. The fraction of sp³-hybridized carbons (Fsp3) is 0.659. The molecule has 0 aromatic heterocycles. The van der Waals surface area contributed by atoms with Crippen LogP contribution in [0.15, 0.2) is 36.4 Å². The summed E-state index contributed by atoms with van der Waals surface area (Å²) in [6.07, 6.45) is 3.34. The highest BCUT2D eigenvalue weighted by Crippen LogP contribution is 2.65. The zero-order chi connectivity index (χ0) is 38.1. The molecule has 1 saturated heterocycles. The number of anilines is 1. The number of hydrogen-bond donors (Lipinski definition) is 2. The van der Waals surface area contributed by atoms with Gasteiger partial charge < -0.3 is 28.8 Å². The van der Waals surface area contributed by atoms with Crippen LogP contribution < -0.4 is 25.0 Å². The first-order chi connectivity index (χ1) is 24.5. The topological polar surface area (TPSA) is 108 Å². The van der Waals surface area contributed by atoms with Crippen molar-refractivity contribution < 1.29 is 33.1 Å². The molecule has 3 saturated carbocycles. The Morgan fingerprint density at radius 2 is 1.63 bits per heavy atom. The van der Waals surface area contributed by atoms with Crippen molar-refractivity contribution in [1.82, 2.24) is 10.3 Å². The average molecular weight is 720 g/mol. The molecule has 2 N–H and O–H groups in total. The summed E-state index contributed by atoms with van der Waals surface area (Å²) in [4.78, 5) is 29.0. The molecule has 10 nitrogen and oxygen atoms in total. The second kappa shape index (κ2) is 15.9. The molecule has 4 aliphatic rings. The quantitative estimate of drug-likeness (QED) is 0.136. The maximum atomic E-state index is 14.6. The summed E-state index contributed by atoms with van der Waals surface area (Å²) in [7, 11) is 4.14. The Balaban J connectivity index is 1.42. The highest BCUT2D eigenvalue weighted by atomic mass is 16.7. The van der Waals surface area contributed by atoms with Gasteiger partial charge in [-0.05, 0) is 103 Å². The first-order valence-corrected chi connectivity index (χ1v) is 19.1. The van der Waals surface area contributed by atoms with Gasteiger partial charge in [-0.3, -0.25) is 15.0 Å². The van der Waals surface area contributed by atoms with E-state index >= 15 is 0 Å². The Morgan fingerprint density at radius 3 is 2.19 bits per heavy atom. The molecular weight excluding hydrogens is 657 g/mol. The van der Waals surface area contributed by atoms with E-state index in [0.29, 0.717) is 47.8 Å². The van der Waals surface area contributed by atoms with E-state index in [9.17, 15) is 9.59 Å². The summed E-state index contributed by atoms with van der Waals surface area (Å²) in [5, 5.41) is 4.87. The molecule has 6 atom stereocenters. The number of ether oxygens (including phenoxy) is 3. The fourth-order valence-corrected chi connectivity index (χ4v) is 8.85. The number of rotatable bonds is 16. The maximum absolute atomic E-state index is 14.6. The van der Waals surface area contributed by atoms with Gasteiger partial charge >= 0.3 is 7.12 Å². The van der Waals surface area contributed by atoms with E-state index in [1.54, 1.807) is 21.3 Å². The molecule has 2 amide bonds. The Hall–Kier alpha value is -3.44.